The second kappa shape index (κ2) is 31.2. The molecule has 9 nitrogen and oxygen atoms in total. The Morgan fingerprint density at radius 3 is 1.74 bits per heavy atom. The maximum absolute atomic E-state index is 12.4. The van der Waals surface area contributed by atoms with E-state index in [9.17, 15) is 19.4 Å². The summed E-state index contributed by atoms with van der Waals surface area (Å²) in [4.78, 5) is 22.2. The van der Waals surface area contributed by atoms with Crippen LogP contribution in [0.3, 0.4) is 0 Å². The molecular weight excluding hydrogens is 571 g/mol. The number of aliphatic hydroxyl groups is 2. The van der Waals surface area contributed by atoms with E-state index in [1.165, 1.54) is 83.5 Å². The van der Waals surface area contributed by atoms with Crippen LogP contribution < -0.4 is 0 Å². The van der Waals surface area contributed by atoms with Crippen LogP contribution in [0.5, 0.6) is 0 Å². The van der Waals surface area contributed by atoms with Crippen molar-refractivity contribution in [1.82, 2.24) is 0 Å². The van der Waals surface area contributed by atoms with Crippen molar-refractivity contribution in [2.24, 2.45) is 0 Å². The Morgan fingerprint density at radius 1 is 0.698 bits per heavy atom. The third-order valence-corrected chi connectivity index (χ3v) is 8.15. The third-order valence-electron chi connectivity index (χ3n) is 7.20. The number of ether oxygens (including phenoxy) is 2. The van der Waals surface area contributed by atoms with Crippen LogP contribution >= 0.6 is 7.82 Å². The minimum Gasteiger partial charge on any atom is -0.457 e. The van der Waals surface area contributed by atoms with Crippen LogP contribution in [0.4, 0.5) is 0 Å². The van der Waals surface area contributed by atoms with E-state index in [1.807, 2.05) is 0 Å². The third kappa shape index (κ3) is 31.0. The molecule has 0 saturated heterocycles. The lowest BCUT2D eigenvalue weighted by atomic mass is 10.1. The molecule has 10 heteroatoms. The van der Waals surface area contributed by atoms with E-state index in [1.54, 1.807) is 0 Å². The van der Waals surface area contributed by atoms with E-state index >= 15 is 0 Å². The molecular formula is C33H65O9P. The first-order valence-electron chi connectivity index (χ1n) is 17.2. The highest BCUT2D eigenvalue weighted by Gasteiger charge is 2.26. The van der Waals surface area contributed by atoms with Gasteiger partial charge in [-0.15, -0.1) is 0 Å². The SMILES string of the molecule is CCCCCCC/C=C\CCCCCCCCOCC(COP(=O)(O)OCC(O)CO)OC(=O)CCCCCCCCC. The fourth-order valence-corrected chi connectivity index (χ4v) is 5.31. The zero-order valence-corrected chi connectivity index (χ0v) is 28.3. The van der Waals surface area contributed by atoms with E-state index in [0.717, 1.165) is 44.9 Å². The first-order chi connectivity index (χ1) is 20.8. The standard InChI is InChI=1S/C33H65O9P/c1-3-5-7-9-11-12-13-14-15-16-17-18-20-22-24-26-39-29-32(30-41-43(37,38)40-28-31(35)27-34)42-33(36)25-23-21-19-10-8-6-4-2/h13-14,31-32,34-35H,3-12,15-30H2,1-2H3,(H,37,38)/b14-13-. The summed E-state index contributed by atoms with van der Waals surface area (Å²) in [7, 11) is -4.50. The van der Waals surface area contributed by atoms with E-state index in [0.29, 0.717) is 6.61 Å². The lowest BCUT2D eigenvalue weighted by Crippen LogP contribution is -2.29. The molecule has 0 aliphatic carbocycles. The average molecular weight is 637 g/mol. The zero-order chi connectivity index (χ0) is 31.9. The molecule has 0 spiro atoms. The summed E-state index contributed by atoms with van der Waals surface area (Å²) in [5, 5.41) is 18.2. The van der Waals surface area contributed by atoms with Crippen molar-refractivity contribution in [3.8, 4) is 0 Å². The molecule has 256 valence electrons. The van der Waals surface area contributed by atoms with Crippen LogP contribution in [0.25, 0.3) is 0 Å². The zero-order valence-electron chi connectivity index (χ0n) is 27.4. The number of allylic oxidation sites excluding steroid dienone is 2. The molecule has 0 aliphatic rings. The Hall–Kier alpha value is -0.800. The van der Waals surface area contributed by atoms with Crippen molar-refractivity contribution < 1.29 is 43.0 Å². The number of carbonyl (C=O) groups is 1. The Kier molecular flexibility index (Phi) is 30.6. The highest BCUT2D eigenvalue weighted by atomic mass is 31.2. The summed E-state index contributed by atoms with van der Waals surface area (Å²) >= 11 is 0. The van der Waals surface area contributed by atoms with Gasteiger partial charge in [0.2, 0.25) is 0 Å². The van der Waals surface area contributed by atoms with Crippen molar-refractivity contribution >= 4 is 13.8 Å². The van der Waals surface area contributed by atoms with Crippen LogP contribution in [0.1, 0.15) is 149 Å². The number of unbranched alkanes of at least 4 members (excludes halogenated alkanes) is 17. The number of aliphatic hydroxyl groups excluding tert-OH is 2. The van der Waals surface area contributed by atoms with Gasteiger partial charge in [-0.2, -0.15) is 0 Å². The van der Waals surface area contributed by atoms with Gasteiger partial charge < -0.3 is 24.6 Å². The normalized spacial score (nSPS) is 14.6. The number of hydrogen-bond donors (Lipinski definition) is 3. The van der Waals surface area contributed by atoms with Crippen LogP contribution in [-0.2, 0) is 27.9 Å². The maximum atomic E-state index is 12.4. The summed E-state index contributed by atoms with van der Waals surface area (Å²) in [5.74, 6) is -0.392. The molecule has 0 saturated carbocycles. The van der Waals surface area contributed by atoms with Gasteiger partial charge in [0.25, 0.3) is 0 Å². The summed E-state index contributed by atoms with van der Waals surface area (Å²) < 4.78 is 33.0. The van der Waals surface area contributed by atoms with Crippen molar-refractivity contribution in [3.05, 3.63) is 12.2 Å². The van der Waals surface area contributed by atoms with Gasteiger partial charge in [-0.25, -0.2) is 4.57 Å². The molecule has 0 aromatic carbocycles. The molecule has 0 aromatic heterocycles. The van der Waals surface area contributed by atoms with Crippen LogP contribution in [0.15, 0.2) is 12.2 Å². The van der Waals surface area contributed by atoms with Crippen LogP contribution in [0, 0.1) is 0 Å². The van der Waals surface area contributed by atoms with Gasteiger partial charge in [0.05, 0.1) is 26.4 Å². The van der Waals surface area contributed by atoms with Gasteiger partial charge >= 0.3 is 13.8 Å². The monoisotopic (exact) mass is 636 g/mol. The van der Waals surface area contributed by atoms with Crippen molar-refractivity contribution in [2.75, 3.05) is 33.0 Å². The minimum atomic E-state index is -4.50. The first-order valence-corrected chi connectivity index (χ1v) is 18.7. The van der Waals surface area contributed by atoms with Gasteiger partial charge in [0.1, 0.15) is 12.2 Å². The van der Waals surface area contributed by atoms with Crippen molar-refractivity contribution in [3.63, 3.8) is 0 Å². The maximum Gasteiger partial charge on any atom is 0.472 e. The van der Waals surface area contributed by atoms with Crippen LogP contribution in [0.2, 0.25) is 0 Å². The van der Waals surface area contributed by atoms with E-state index in [4.69, 9.17) is 19.1 Å². The number of phosphoric acid groups is 1. The van der Waals surface area contributed by atoms with Gasteiger partial charge in [0.15, 0.2) is 0 Å². The van der Waals surface area contributed by atoms with Gasteiger partial charge in [-0.3, -0.25) is 13.8 Å². The van der Waals surface area contributed by atoms with Gasteiger partial charge in [0, 0.05) is 13.0 Å². The smallest absolute Gasteiger partial charge is 0.457 e. The first kappa shape index (κ1) is 42.2. The summed E-state index contributed by atoms with van der Waals surface area (Å²) in [5.41, 5.74) is 0. The summed E-state index contributed by atoms with van der Waals surface area (Å²) in [6, 6.07) is 0. The molecule has 3 atom stereocenters. The Morgan fingerprint density at radius 2 is 1.19 bits per heavy atom. The second-order valence-electron chi connectivity index (χ2n) is 11.5. The fraction of sp³-hybridized carbons (Fsp3) is 0.909. The van der Waals surface area contributed by atoms with Crippen molar-refractivity contribution in [1.29, 1.82) is 0 Å². The molecule has 0 radical (unpaired) electrons. The molecule has 0 aromatic rings. The molecule has 0 heterocycles. The Labute approximate surface area is 262 Å². The molecule has 0 fully saturated rings. The molecule has 3 N–H and O–H groups in total. The Balaban J connectivity index is 4.20. The summed E-state index contributed by atoms with van der Waals surface area (Å²) in [6.45, 7) is 3.44. The topological polar surface area (TPSA) is 132 Å². The highest BCUT2D eigenvalue weighted by molar-refractivity contribution is 7.47. The largest absolute Gasteiger partial charge is 0.472 e. The predicted molar refractivity (Wildman–Crippen MR) is 173 cm³/mol. The molecule has 0 bridgehead atoms. The minimum absolute atomic E-state index is 0.0486. The number of rotatable bonds is 33. The highest BCUT2D eigenvalue weighted by Crippen LogP contribution is 2.43. The molecule has 43 heavy (non-hydrogen) atoms. The molecule has 0 rings (SSSR count). The molecule has 3 unspecified atom stereocenters. The van der Waals surface area contributed by atoms with E-state index in [2.05, 4.69) is 30.5 Å². The lowest BCUT2D eigenvalue weighted by Gasteiger charge is -2.20. The predicted octanol–water partition coefficient (Wildman–Crippen LogP) is 8.19. The number of carbonyl (C=O) groups excluding carboxylic acids is 1. The number of hydrogen-bond acceptors (Lipinski definition) is 8. The fourth-order valence-electron chi connectivity index (χ4n) is 4.52. The summed E-state index contributed by atoms with van der Waals surface area (Å²) in [6.07, 6.45) is 26.2. The van der Waals surface area contributed by atoms with Crippen LogP contribution in [-0.4, -0.2) is 66.3 Å². The van der Waals surface area contributed by atoms with Gasteiger partial charge in [-0.1, -0.05) is 116 Å². The number of esters is 1. The number of phosphoric ester groups is 1. The quantitative estimate of drug-likeness (QED) is 0.0282. The van der Waals surface area contributed by atoms with Crippen molar-refractivity contribution in [2.45, 2.75) is 161 Å². The average Bonchev–Trinajstić information content (AvgIpc) is 2.99. The second-order valence-corrected chi connectivity index (χ2v) is 13.0. The lowest BCUT2D eigenvalue weighted by molar-refractivity contribution is -0.154. The van der Waals surface area contributed by atoms with Gasteiger partial charge in [-0.05, 0) is 38.5 Å². The van der Waals surface area contributed by atoms with E-state index in [-0.39, 0.29) is 19.6 Å². The van der Waals surface area contributed by atoms with E-state index < -0.39 is 39.2 Å². The Bertz CT molecular complexity index is 689. The molecule has 0 aliphatic heterocycles. The molecule has 0 amide bonds.